The maximum absolute atomic E-state index is 11.0. The number of carbonyl (C=O) groups is 1. The monoisotopic (exact) mass is 233 g/mol. The van der Waals surface area contributed by atoms with Gasteiger partial charge in [0.05, 0.1) is 13.3 Å². The molecule has 0 bridgehead atoms. The molecule has 1 aromatic carbocycles. The third kappa shape index (κ3) is 2.36. The highest BCUT2D eigenvalue weighted by Gasteiger charge is 2.08. The molecule has 0 aliphatic heterocycles. The lowest BCUT2D eigenvalue weighted by Crippen LogP contribution is -2.11. The Morgan fingerprint density at radius 1 is 1.53 bits per heavy atom. The van der Waals surface area contributed by atoms with Gasteiger partial charge in [-0.2, -0.15) is 0 Å². The highest BCUT2D eigenvalue weighted by atomic mass is 16.5. The van der Waals surface area contributed by atoms with Crippen molar-refractivity contribution < 1.29 is 13.9 Å². The second-order valence-electron chi connectivity index (χ2n) is 3.28. The van der Waals surface area contributed by atoms with Crippen LogP contribution >= 0.6 is 0 Å². The molecule has 0 saturated heterocycles. The van der Waals surface area contributed by atoms with Crippen LogP contribution in [0, 0.1) is 0 Å². The molecule has 6 nitrogen and oxygen atoms in total. The number of nitrogen functional groups attached to an aromatic ring is 1. The summed E-state index contributed by atoms with van der Waals surface area (Å²) in [4.78, 5) is 14.8. The fourth-order valence-electron chi connectivity index (χ4n) is 1.38. The van der Waals surface area contributed by atoms with E-state index in [4.69, 9.17) is 10.2 Å². The summed E-state index contributed by atoms with van der Waals surface area (Å²) in [6, 6.07) is 5.06. The Kier molecular flexibility index (Phi) is 2.95. The Bertz CT molecular complexity index is 523. The minimum atomic E-state index is -0.545. The Morgan fingerprint density at radius 2 is 2.35 bits per heavy atom. The smallest absolute Gasteiger partial charge is 0.411 e. The van der Waals surface area contributed by atoms with Crippen molar-refractivity contribution in [2.24, 2.45) is 0 Å². The van der Waals surface area contributed by atoms with Gasteiger partial charge in [0.1, 0.15) is 0 Å². The van der Waals surface area contributed by atoms with Crippen LogP contribution in [0.4, 0.5) is 16.2 Å². The van der Waals surface area contributed by atoms with E-state index in [2.05, 4.69) is 15.0 Å². The second kappa shape index (κ2) is 4.56. The summed E-state index contributed by atoms with van der Waals surface area (Å²) in [6.07, 6.45) is 2.35. The predicted octanol–water partition coefficient (Wildman–Crippen LogP) is 2.10. The minimum absolute atomic E-state index is 0.482. The fraction of sp³-hybridized carbons (Fsp3) is 0.0909. The number of anilines is 2. The van der Waals surface area contributed by atoms with Gasteiger partial charge in [-0.15, -0.1) is 0 Å². The van der Waals surface area contributed by atoms with Gasteiger partial charge < -0.3 is 14.9 Å². The molecule has 3 N–H and O–H groups in total. The molecular formula is C11H11N3O3. The maximum atomic E-state index is 11.0. The number of nitrogens with zero attached hydrogens (tertiary/aromatic N) is 1. The van der Waals surface area contributed by atoms with Crippen LogP contribution in [0.5, 0.6) is 0 Å². The van der Waals surface area contributed by atoms with E-state index in [9.17, 15) is 4.79 Å². The Balaban J connectivity index is 2.26. The van der Waals surface area contributed by atoms with E-state index in [0.717, 1.165) is 5.56 Å². The third-order valence-corrected chi connectivity index (χ3v) is 2.18. The molecule has 0 aliphatic carbocycles. The molecule has 2 aromatic rings. The molecular weight excluding hydrogens is 222 g/mol. The number of carbonyl (C=O) groups excluding carboxylic acids is 1. The largest absolute Gasteiger partial charge is 0.453 e. The van der Waals surface area contributed by atoms with Gasteiger partial charge in [0, 0.05) is 16.9 Å². The summed E-state index contributed by atoms with van der Waals surface area (Å²) in [6.45, 7) is 0. The van der Waals surface area contributed by atoms with E-state index in [0.29, 0.717) is 17.1 Å². The van der Waals surface area contributed by atoms with Gasteiger partial charge >= 0.3 is 6.09 Å². The lowest BCUT2D eigenvalue weighted by atomic mass is 10.1. The quantitative estimate of drug-likeness (QED) is 0.775. The molecule has 1 aromatic heterocycles. The summed E-state index contributed by atoms with van der Waals surface area (Å²) in [5.41, 5.74) is 7.61. The highest BCUT2D eigenvalue weighted by Crippen LogP contribution is 2.28. The first-order chi connectivity index (χ1) is 8.20. The van der Waals surface area contributed by atoms with Crippen molar-refractivity contribution in [2.75, 3.05) is 18.2 Å². The molecule has 0 spiro atoms. The number of hydrogen-bond acceptors (Lipinski definition) is 5. The van der Waals surface area contributed by atoms with Gasteiger partial charge in [0.25, 0.3) is 0 Å². The van der Waals surface area contributed by atoms with Crippen molar-refractivity contribution in [2.45, 2.75) is 0 Å². The molecule has 0 saturated carbocycles. The van der Waals surface area contributed by atoms with Crippen LogP contribution in [0.1, 0.15) is 0 Å². The minimum Gasteiger partial charge on any atom is -0.453 e. The Morgan fingerprint density at radius 3 is 2.94 bits per heavy atom. The van der Waals surface area contributed by atoms with Crippen molar-refractivity contribution in [1.29, 1.82) is 0 Å². The van der Waals surface area contributed by atoms with Crippen LogP contribution in [0.3, 0.4) is 0 Å². The summed E-state index contributed by atoms with van der Waals surface area (Å²) < 4.78 is 9.62. The van der Waals surface area contributed by atoms with Crippen molar-refractivity contribution in [3.05, 3.63) is 30.8 Å². The van der Waals surface area contributed by atoms with Gasteiger partial charge in [0.15, 0.2) is 12.2 Å². The number of aromatic nitrogens is 1. The van der Waals surface area contributed by atoms with E-state index in [1.54, 1.807) is 24.4 Å². The average molecular weight is 233 g/mol. The SMILES string of the molecule is COC(=O)Nc1ccc(-c2cnco2)c(N)c1. The third-order valence-electron chi connectivity index (χ3n) is 2.18. The van der Waals surface area contributed by atoms with Gasteiger partial charge in [-0.1, -0.05) is 0 Å². The topological polar surface area (TPSA) is 90.4 Å². The van der Waals surface area contributed by atoms with Crippen LogP contribution in [0.25, 0.3) is 11.3 Å². The van der Waals surface area contributed by atoms with Gasteiger partial charge in [-0.05, 0) is 18.2 Å². The van der Waals surface area contributed by atoms with E-state index < -0.39 is 6.09 Å². The lowest BCUT2D eigenvalue weighted by Gasteiger charge is -2.07. The molecule has 0 aliphatic rings. The molecule has 6 heteroatoms. The zero-order chi connectivity index (χ0) is 12.3. The van der Waals surface area contributed by atoms with Gasteiger partial charge in [0.2, 0.25) is 0 Å². The molecule has 17 heavy (non-hydrogen) atoms. The molecule has 88 valence electrons. The number of methoxy groups -OCH3 is 1. The number of hydrogen-bond donors (Lipinski definition) is 2. The Hall–Kier alpha value is -2.50. The summed E-state index contributed by atoms with van der Waals surface area (Å²) in [5.74, 6) is 0.576. The molecule has 0 unspecified atom stereocenters. The normalized spacial score (nSPS) is 9.94. The van der Waals surface area contributed by atoms with Crippen molar-refractivity contribution in [3.63, 3.8) is 0 Å². The number of ether oxygens (including phenoxy) is 1. The van der Waals surface area contributed by atoms with E-state index in [1.165, 1.54) is 13.5 Å². The summed E-state index contributed by atoms with van der Waals surface area (Å²) in [5, 5.41) is 2.52. The first kappa shape index (κ1) is 11.0. The molecule has 1 amide bonds. The maximum Gasteiger partial charge on any atom is 0.411 e. The molecule has 0 fully saturated rings. The lowest BCUT2D eigenvalue weighted by molar-refractivity contribution is 0.187. The summed E-state index contributed by atoms with van der Waals surface area (Å²) in [7, 11) is 1.29. The van der Waals surface area contributed by atoms with Crippen molar-refractivity contribution in [3.8, 4) is 11.3 Å². The number of rotatable bonds is 2. The van der Waals surface area contributed by atoms with Crippen LogP contribution in [0.15, 0.2) is 35.2 Å². The highest BCUT2D eigenvalue weighted by molar-refractivity contribution is 5.87. The number of benzene rings is 1. The Labute approximate surface area is 97.4 Å². The number of amides is 1. The number of oxazole rings is 1. The first-order valence-electron chi connectivity index (χ1n) is 4.84. The molecule has 2 rings (SSSR count). The molecule has 0 atom stereocenters. The number of nitrogens with one attached hydrogen (secondary N) is 1. The van der Waals surface area contributed by atoms with E-state index in [-0.39, 0.29) is 0 Å². The molecule has 0 radical (unpaired) electrons. The fourth-order valence-corrected chi connectivity index (χ4v) is 1.38. The van der Waals surface area contributed by atoms with E-state index in [1.807, 2.05) is 0 Å². The van der Waals surface area contributed by atoms with Crippen molar-refractivity contribution >= 4 is 17.5 Å². The zero-order valence-corrected chi connectivity index (χ0v) is 9.14. The standard InChI is InChI=1S/C11H11N3O3/c1-16-11(15)14-7-2-3-8(9(12)4-7)10-5-13-6-17-10/h2-6H,12H2,1H3,(H,14,15). The van der Waals surface area contributed by atoms with E-state index >= 15 is 0 Å². The predicted molar refractivity (Wildman–Crippen MR) is 62.4 cm³/mol. The summed E-state index contributed by atoms with van der Waals surface area (Å²) >= 11 is 0. The van der Waals surface area contributed by atoms with Crippen LogP contribution in [-0.4, -0.2) is 18.2 Å². The second-order valence-corrected chi connectivity index (χ2v) is 3.28. The van der Waals surface area contributed by atoms with Crippen LogP contribution in [-0.2, 0) is 4.74 Å². The molecule has 1 heterocycles. The zero-order valence-electron chi connectivity index (χ0n) is 9.14. The van der Waals surface area contributed by atoms with Crippen LogP contribution < -0.4 is 11.1 Å². The number of nitrogens with two attached hydrogens (primary N) is 1. The van der Waals surface area contributed by atoms with Crippen molar-refractivity contribution in [1.82, 2.24) is 4.98 Å². The average Bonchev–Trinajstić information content (AvgIpc) is 2.82. The van der Waals surface area contributed by atoms with Gasteiger partial charge in [-0.25, -0.2) is 9.78 Å². The first-order valence-corrected chi connectivity index (χ1v) is 4.84. The van der Waals surface area contributed by atoms with Crippen LogP contribution in [0.2, 0.25) is 0 Å². The van der Waals surface area contributed by atoms with Gasteiger partial charge in [-0.3, -0.25) is 5.32 Å².